The molecule has 0 unspecified atom stereocenters. The summed E-state index contributed by atoms with van der Waals surface area (Å²) in [5.41, 5.74) is -0.301. The van der Waals surface area contributed by atoms with Gasteiger partial charge in [0.1, 0.15) is 18.9 Å². The SMILES string of the molecule is CC(C)(C)NC(=O)Cn1nnnc1COc1ccc(Cl)cc1. The molecule has 7 nitrogen and oxygen atoms in total. The van der Waals surface area contributed by atoms with Crippen molar-refractivity contribution in [2.45, 2.75) is 39.5 Å². The van der Waals surface area contributed by atoms with E-state index in [1.54, 1.807) is 24.3 Å². The molecule has 1 heterocycles. The first-order valence-corrected chi connectivity index (χ1v) is 7.16. The summed E-state index contributed by atoms with van der Waals surface area (Å²) in [5.74, 6) is 0.963. The largest absolute Gasteiger partial charge is 0.486 e. The Morgan fingerprint density at radius 3 is 2.64 bits per heavy atom. The Kier molecular flexibility index (Phi) is 4.97. The van der Waals surface area contributed by atoms with Gasteiger partial charge in [0, 0.05) is 10.6 Å². The summed E-state index contributed by atoms with van der Waals surface area (Å²) < 4.78 is 6.99. The number of rotatable bonds is 5. The zero-order valence-corrected chi connectivity index (χ0v) is 13.5. The Morgan fingerprint density at radius 2 is 2.00 bits per heavy atom. The normalized spacial score (nSPS) is 11.3. The van der Waals surface area contributed by atoms with Crippen LogP contribution in [0.3, 0.4) is 0 Å². The maximum Gasteiger partial charge on any atom is 0.242 e. The molecule has 0 spiro atoms. The van der Waals surface area contributed by atoms with Crippen LogP contribution in [0.1, 0.15) is 26.6 Å². The van der Waals surface area contributed by atoms with Crippen molar-refractivity contribution in [3.05, 3.63) is 35.1 Å². The summed E-state index contributed by atoms with van der Waals surface area (Å²) in [6.45, 7) is 5.94. The predicted molar refractivity (Wildman–Crippen MR) is 81.5 cm³/mol. The molecule has 1 aromatic carbocycles. The smallest absolute Gasteiger partial charge is 0.242 e. The van der Waals surface area contributed by atoms with Crippen LogP contribution in [0.4, 0.5) is 0 Å². The molecule has 0 fully saturated rings. The molecule has 0 radical (unpaired) electrons. The van der Waals surface area contributed by atoms with Crippen LogP contribution in [-0.4, -0.2) is 31.7 Å². The van der Waals surface area contributed by atoms with Crippen molar-refractivity contribution < 1.29 is 9.53 Å². The topological polar surface area (TPSA) is 81.9 Å². The fourth-order valence-electron chi connectivity index (χ4n) is 1.72. The van der Waals surface area contributed by atoms with Gasteiger partial charge in [-0.1, -0.05) is 11.6 Å². The van der Waals surface area contributed by atoms with Gasteiger partial charge in [-0.05, 0) is 55.5 Å². The third kappa shape index (κ3) is 5.00. The molecule has 1 N–H and O–H groups in total. The van der Waals surface area contributed by atoms with Crippen LogP contribution in [0.25, 0.3) is 0 Å². The number of hydrogen-bond acceptors (Lipinski definition) is 5. The lowest BCUT2D eigenvalue weighted by atomic mass is 10.1. The van der Waals surface area contributed by atoms with Gasteiger partial charge in [-0.3, -0.25) is 4.79 Å². The minimum atomic E-state index is -0.301. The van der Waals surface area contributed by atoms with E-state index in [0.717, 1.165) is 0 Å². The highest BCUT2D eigenvalue weighted by Gasteiger charge is 2.16. The standard InChI is InChI=1S/C14H18ClN5O2/c1-14(2,3)16-13(21)8-20-12(17-18-19-20)9-22-11-6-4-10(15)5-7-11/h4-7H,8-9H2,1-3H3,(H,16,21). The van der Waals surface area contributed by atoms with Crippen LogP contribution < -0.4 is 10.1 Å². The summed E-state index contributed by atoms with van der Waals surface area (Å²) in [7, 11) is 0. The van der Waals surface area contributed by atoms with Crippen molar-refractivity contribution in [1.82, 2.24) is 25.5 Å². The van der Waals surface area contributed by atoms with E-state index < -0.39 is 0 Å². The Labute approximate surface area is 133 Å². The van der Waals surface area contributed by atoms with Gasteiger partial charge in [-0.25, -0.2) is 4.68 Å². The van der Waals surface area contributed by atoms with Crippen molar-refractivity contribution >= 4 is 17.5 Å². The lowest BCUT2D eigenvalue weighted by Gasteiger charge is -2.20. The predicted octanol–water partition coefficient (Wildman–Crippen LogP) is 1.82. The molecule has 1 amide bonds. The van der Waals surface area contributed by atoms with E-state index in [1.807, 2.05) is 20.8 Å². The number of carbonyl (C=O) groups excluding carboxylic acids is 1. The Bertz CT molecular complexity index is 633. The number of ether oxygens (including phenoxy) is 1. The van der Waals surface area contributed by atoms with Gasteiger partial charge in [0.25, 0.3) is 0 Å². The maximum atomic E-state index is 11.9. The summed E-state index contributed by atoms with van der Waals surface area (Å²) in [6, 6.07) is 6.97. The number of nitrogens with zero attached hydrogens (tertiary/aromatic N) is 4. The average Bonchev–Trinajstić information content (AvgIpc) is 2.83. The molecule has 118 valence electrons. The summed E-state index contributed by atoms with van der Waals surface area (Å²) in [4.78, 5) is 11.9. The van der Waals surface area contributed by atoms with Crippen LogP contribution in [0, 0.1) is 0 Å². The minimum Gasteiger partial charge on any atom is -0.486 e. The molecule has 0 aliphatic rings. The van der Waals surface area contributed by atoms with Gasteiger partial charge in [0.15, 0.2) is 5.82 Å². The van der Waals surface area contributed by atoms with Crippen molar-refractivity contribution in [3.8, 4) is 5.75 Å². The molecule has 0 saturated carbocycles. The second-order valence-corrected chi connectivity index (χ2v) is 6.23. The number of hydrogen-bond donors (Lipinski definition) is 1. The van der Waals surface area contributed by atoms with Gasteiger partial charge in [0.05, 0.1) is 0 Å². The molecule has 2 aromatic rings. The maximum absolute atomic E-state index is 11.9. The van der Waals surface area contributed by atoms with Crippen LogP contribution in [0.2, 0.25) is 5.02 Å². The number of aromatic nitrogens is 4. The van der Waals surface area contributed by atoms with E-state index in [-0.39, 0.29) is 24.6 Å². The molecule has 2 rings (SSSR count). The monoisotopic (exact) mass is 323 g/mol. The van der Waals surface area contributed by atoms with Crippen LogP contribution in [-0.2, 0) is 17.9 Å². The van der Waals surface area contributed by atoms with Gasteiger partial charge < -0.3 is 10.1 Å². The molecule has 0 bridgehead atoms. The van der Waals surface area contributed by atoms with Crippen LogP contribution >= 0.6 is 11.6 Å². The second-order valence-electron chi connectivity index (χ2n) is 5.79. The highest BCUT2D eigenvalue weighted by atomic mass is 35.5. The third-order valence-electron chi connectivity index (χ3n) is 2.60. The first-order chi connectivity index (χ1) is 10.3. The quantitative estimate of drug-likeness (QED) is 0.907. The number of amides is 1. The van der Waals surface area contributed by atoms with E-state index in [4.69, 9.17) is 16.3 Å². The zero-order chi connectivity index (χ0) is 16.2. The van der Waals surface area contributed by atoms with E-state index in [1.165, 1.54) is 4.68 Å². The number of tetrazole rings is 1. The number of benzene rings is 1. The summed E-state index contributed by atoms with van der Waals surface area (Å²) in [5, 5.41) is 14.7. The van der Waals surface area contributed by atoms with Crippen LogP contribution in [0.5, 0.6) is 5.75 Å². The molecular formula is C14H18ClN5O2. The molecule has 0 saturated heterocycles. The Morgan fingerprint density at radius 1 is 1.32 bits per heavy atom. The Balaban J connectivity index is 1.94. The van der Waals surface area contributed by atoms with Gasteiger partial charge in [-0.2, -0.15) is 0 Å². The molecule has 8 heteroatoms. The summed E-state index contributed by atoms with van der Waals surface area (Å²) in [6.07, 6.45) is 0. The third-order valence-corrected chi connectivity index (χ3v) is 2.85. The van der Waals surface area contributed by atoms with Crippen LogP contribution in [0.15, 0.2) is 24.3 Å². The fraction of sp³-hybridized carbons (Fsp3) is 0.429. The molecular weight excluding hydrogens is 306 g/mol. The number of halogens is 1. The molecule has 0 aliphatic heterocycles. The number of carbonyl (C=O) groups is 1. The minimum absolute atomic E-state index is 0.0452. The zero-order valence-electron chi connectivity index (χ0n) is 12.7. The van der Waals surface area contributed by atoms with E-state index in [9.17, 15) is 4.79 Å². The van der Waals surface area contributed by atoms with Gasteiger partial charge in [-0.15, -0.1) is 5.10 Å². The van der Waals surface area contributed by atoms with Gasteiger partial charge in [0.2, 0.25) is 5.91 Å². The van der Waals surface area contributed by atoms with Crippen molar-refractivity contribution in [1.29, 1.82) is 0 Å². The van der Waals surface area contributed by atoms with Crippen molar-refractivity contribution in [2.75, 3.05) is 0 Å². The van der Waals surface area contributed by atoms with Gasteiger partial charge >= 0.3 is 0 Å². The average molecular weight is 324 g/mol. The van der Waals surface area contributed by atoms with Crippen molar-refractivity contribution in [2.24, 2.45) is 0 Å². The fourth-order valence-corrected chi connectivity index (χ4v) is 1.85. The first-order valence-electron chi connectivity index (χ1n) is 6.78. The summed E-state index contributed by atoms with van der Waals surface area (Å²) >= 11 is 5.81. The van der Waals surface area contributed by atoms with E-state index in [2.05, 4.69) is 20.8 Å². The molecule has 1 aromatic heterocycles. The first kappa shape index (κ1) is 16.2. The van der Waals surface area contributed by atoms with Crippen molar-refractivity contribution in [3.63, 3.8) is 0 Å². The lowest BCUT2D eigenvalue weighted by Crippen LogP contribution is -2.42. The van der Waals surface area contributed by atoms with E-state index in [0.29, 0.717) is 16.6 Å². The van der Waals surface area contributed by atoms with E-state index >= 15 is 0 Å². The highest BCUT2D eigenvalue weighted by Crippen LogP contribution is 2.16. The Hall–Kier alpha value is -2.15. The highest BCUT2D eigenvalue weighted by molar-refractivity contribution is 6.30. The molecule has 0 aliphatic carbocycles. The number of nitrogens with one attached hydrogen (secondary N) is 1. The molecule has 0 atom stereocenters. The second kappa shape index (κ2) is 6.74. The molecule has 22 heavy (non-hydrogen) atoms. The lowest BCUT2D eigenvalue weighted by molar-refractivity contribution is -0.123.